The Kier molecular flexibility index (Phi) is 27.9. The summed E-state index contributed by atoms with van der Waals surface area (Å²) in [4.78, 5) is 33.1. The van der Waals surface area contributed by atoms with Crippen LogP contribution in [0.25, 0.3) is 0 Å². The summed E-state index contributed by atoms with van der Waals surface area (Å²) in [6, 6.07) is 0. The van der Waals surface area contributed by atoms with Crippen molar-refractivity contribution in [1.82, 2.24) is 0 Å². The molecule has 0 saturated carbocycles. The van der Waals surface area contributed by atoms with E-state index in [9.17, 15) is 9.13 Å². The van der Waals surface area contributed by atoms with Crippen molar-refractivity contribution in [3.8, 4) is 0 Å². The molecule has 0 aromatic rings. The summed E-state index contributed by atoms with van der Waals surface area (Å²) < 4.78 is 20.5. The van der Waals surface area contributed by atoms with Crippen molar-refractivity contribution in [2.24, 2.45) is 0 Å². The maximum absolute atomic E-state index is 10.3. The molecular weight excluding hydrogens is 290 g/mol. The summed E-state index contributed by atoms with van der Waals surface area (Å²) in [5.41, 5.74) is 0. The van der Waals surface area contributed by atoms with Crippen LogP contribution >= 0.6 is 15.2 Å². The predicted molar refractivity (Wildman–Crippen MR) is 63.6 cm³/mol. The molecule has 0 heterocycles. The summed E-state index contributed by atoms with van der Waals surface area (Å²) in [7, 11) is -9.82. The van der Waals surface area contributed by atoms with E-state index in [1.807, 2.05) is 0 Å². The average Bonchev–Trinajstić information content (AvgIpc) is 1.56. The van der Waals surface area contributed by atoms with Gasteiger partial charge >= 0.3 is 133 Å². The number of hydrogen-bond donors (Lipinski definition) is 5. The Labute approximate surface area is 176 Å². The first kappa shape index (κ1) is 31.6. The van der Waals surface area contributed by atoms with E-state index >= 15 is 0 Å². The first-order valence-corrected chi connectivity index (χ1v) is 5.77. The zero-order valence-electron chi connectivity index (χ0n) is 5.23. The van der Waals surface area contributed by atoms with E-state index in [0.717, 1.165) is 0 Å². The molecule has 0 saturated heterocycles. The molecule has 0 radical (unpaired) electrons. The summed E-state index contributed by atoms with van der Waals surface area (Å²) >= 11 is 0. The third-order valence-corrected chi connectivity index (χ3v) is 4.62. The molecule has 15 heavy (non-hydrogen) atoms. The van der Waals surface area contributed by atoms with Gasteiger partial charge in [0.25, 0.3) is 0 Å². The fourth-order valence-electron chi connectivity index (χ4n) is 0.409. The normalized spacial score (nSPS) is 10.3. The van der Waals surface area contributed by atoms with Gasteiger partial charge in [-0.05, 0) is 0 Å². The molecule has 0 aromatic heterocycles. The minimum atomic E-state index is -4.91. The Balaban J connectivity index is -0.0000000833. The molecule has 76 valence electrons. The number of aliphatic hydroxyl groups is 1. The molecule has 7 nitrogen and oxygen atoms in total. The van der Waals surface area contributed by atoms with Crippen LogP contribution in [0.2, 0.25) is 0 Å². The molecule has 0 aliphatic heterocycles. The molecule has 0 rings (SSSR count). The van der Waals surface area contributed by atoms with E-state index < -0.39 is 27.2 Å². The van der Waals surface area contributed by atoms with Gasteiger partial charge in [0.15, 0.2) is 5.40 Å². The second-order valence-electron chi connectivity index (χ2n) is 1.84. The topological polar surface area (TPSA) is 135 Å². The Bertz CT molecular complexity index is 201. The summed E-state index contributed by atoms with van der Waals surface area (Å²) in [5.74, 6) is 0. The second-order valence-corrected chi connectivity index (χ2v) is 5.85. The SMILES string of the molecule is O=P(O)(O)C(CO)P(=O)(O)O.[NaH].[NaH].[NaH].[NaH]. The molecule has 0 aliphatic carbocycles. The van der Waals surface area contributed by atoms with Crippen molar-refractivity contribution in [3.05, 3.63) is 0 Å². The maximum atomic E-state index is 10.3. The van der Waals surface area contributed by atoms with E-state index in [1.54, 1.807) is 0 Å². The molecule has 0 atom stereocenters. The Morgan fingerprint density at radius 2 is 1.00 bits per heavy atom. The zero-order valence-corrected chi connectivity index (χ0v) is 7.02. The van der Waals surface area contributed by atoms with Crippen molar-refractivity contribution >= 4 is 133 Å². The van der Waals surface area contributed by atoms with Crippen LogP contribution in [0.5, 0.6) is 0 Å². The fraction of sp³-hybridized carbons (Fsp3) is 1.00. The van der Waals surface area contributed by atoms with E-state index in [4.69, 9.17) is 24.7 Å². The monoisotopic (exact) mass is 302 g/mol. The predicted octanol–water partition coefficient (Wildman–Crippen LogP) is -3.93. The van der Waals surface area contributed by atoms with Crippen LogP contribution in [-0.4, -0.2) is 155 Å². The Morgan fingerprint density at radius 1 is 0.800 bits per heavy atom. The van der Waals surface area contributed by atoms with Gasteiger partial charge in [-0.3, -0.25) is 9.13 Å². The van der Waals surface area contributed by atoms with Crippen LogP contribution in [-0.2, 0) is 9.13 Å². The first-order chi connectivity index (χ1) is 4.69. The molecule has 0 aromatic carbocycles. The van der Waals surface area contributed by atoms with Crippen LogP contribution in [0, 0.1) is 0 Å². The van der Waals surface area contributed by atoms with Crippen molar-refractivity contribution < 1.29 is 33.8 Å². The Morgan fingerprint density at radius 3 is 1.00 bits per heavy atom. The van der Waals surface area contributed by atoms with Crippen LogP contribution in [0.4, 0.5) is 0 Å². The number of rotatable bonds is 3. The molecule has 0 aliphatic rings. The van der Waals surface area contributed by atoms with Gasteiger partial charge in [0, 0.05) is 0 Å². The van der Waals surface area contributed by atoms with Gasteiger partial charge in [0.05, 0.1) is 6.61 Å². The molecule has 5 N–H and O–H groups in total. The zero-order chi connectivity index (χ0) is 9.28. The number of hydrogen-bond acceptors (Lipinski definition) is 3. The van der Waals surface area contributed by atoms with E-state index in [1.165, 1.54) is 0 Å². The van der Waals surface area contributed by atoms with E-state index in [0.29, 0.717) is 0 Å². The third kappa shape index (κ3) is 14.5. The summed E-state index contributed by atoms with van der Waals surface area (Å²) in [6.45, 7) is -1.24. The third-order valence-electron chi connectivity index (χ3n) is 0.940. The van der Waals surface area contributed by atoms with E-state index in [-0.39, 0.29) is 118 Å². The summed E-state index contributed by atoms with van der Waals surface area (Å²) in [6.07, 6.45) is 0. The molecule has 0 fully saturated rings. The van der Waals surface area contributed by atoms with Gasteiger partial charge in [0.1, 0.15) is 0 Å². The average molecular weight is 302 g/mol. The van der Waals surface area contributed by atoms with Crippen LogP contribution in [0.1, 0.15) is 0 Å². The van der Waals surface area contributed by atoms with E-state index in [2.05, 4.69) is 0 Å². The molecule has 0 amide bonds. The van der Waals surface area contributed by atoms with Gasteiger partial charge in [-0.15, -0.1) is 0 Å². The standard InChI is InChI=1S/C2H8O7P2.4Na.4H/c3-1-2(10(4,5)6)11(7,8)9;;;;;;;;/h2-3H,1H2,(H2,4,5,6)(H2,7,8,9);;;;;;;;. The molecular formula is C2H12Na4O7P2. The van der Waals surface area contributed by atoms with Crippen molar-refractivity contribution in [1.29, 1.82) is 0 Å². The molecule has 0 unspecified atom stereocenters. The first-order valence-electron chi connectivity index (χ1n) is 2.41. The van der Waals surface area contributed by atoms with Crippen molar-refractivity contribution in [2.45, 2.75) is 5.40 Å². The van der Waals surface area contributed by atoms with Crippen LogP contribution < -0.4 is 0 Å². The molecule has 0 bridgehead atoms. The van der Waals surface area contributed by atoms with Gasteiger partial charge in [-0.1, -0.05) is 0 Å². The second kappa shape index (κ2) is 13.3. The van der Waals surface area contributed by atoms with Crippen LogP contribution in [0.3, 0.4) is 0 Å². The minimum absolute atomic E-state index is 0. The van der Waals surface area contributed by atoms with Crippen molar-refractivity contribution in [2.75, 3.05) is 6.61 Å². The van der Waals surface area contributed by atoms with Gasteiger partial charge < -0.3 is 24.7 Å². The van der Waals surface area contributed by atoms with Gasteiger partial charge in [0.2, 0.25) is 0 Å². The quantitative estimate of drug-likeness (QED) is 0.265. The summed E-state index contributed by atoms with van der Waals surface area (Å²) in [5, 5.41) is 5.92. The van der Waals surface area contributed by atoms with Gasteiger partial charge in [-0.25, -0.2) is 0 Å². The fourth-order valence-corrected chi connectivity index (χ4v) is 2.40. The van der Waals surface area contributed by atoms with Crippen molar-refractivity contribution in [3.63, 3.8) is 0 Å². The molecule has 0 spiro atoms. The Hall–Kier alpha value is 4.26. The molecule has 13 heteroatoms. The van der Waals surface area contributed by atoms with Gasteiger partial charge in [-0.2, -0.15) is 0 Å². The number of aliphatic hydroxyl groups excluding tert-OH is 1. The van der Waals surface area contributed by atoms with Crippen LogP contribution in [0.15, 0.2) is 0 Å².